The molecular formula is C63H135LaLuN9O9Y. The van der Waals surface area contributed by atoms with E-state index < -0.39 is 50.4 Å². The first-order valence-electron chi connectivity index (χ1n) is 29.0. The van der Waals surface area contributed by atoms with E-state index in [4.69, 9.17) is 0 Å². The van der Waals surface area contributed by atoms with Crippen LogP contribution in [-0.2, 0) is 32.7 Å². The van der Waals surface area contributed by atoms with Gasteiger partial charge in [0.2, 0.25) is 0 Å². The Labute approximate surface area is 599 Å². The number of rotatable bonds is 18. The second-order valence-electron chi connectivity index (χ2n) is 23.6. The SMILES string of the molecule is CCN=C(C)C(C)(C)O.CCN=C(C)C(C)(C)O.CCN=C(C)C(C)(C)O.CCN=C(C)C(C)(C)O.CCN=C(C)C(C)(C)O.CCN=C(C)C(C)(C)O.CCN=C(C)C(C)(C)O.CCN=C(C)C(C)(C)O.CCN=C(C)C(C)(C)O.[La].[Lu].[Y]. The molecule has 3 radical (unpaired) electrons. The first kappa shape index (κ1) is 112. The predicted molar refractivity (Wildman–Crippen MR) is 360 cm³/mol. The van der Waals surface area contributed by atoms with Crippen LogP contribution in [0.5, 0.6) is 0 Å². The van der Waals surface area contributed by atoms with Gasteiger partial charge in [-0.15, -0.1) is 0 Å². The van der Waals surface area contributed by atoms with Gasteiger partial charge in [-0.25, -0.2) is 0 Å². The molecule has 0 fully saturated rings. The van der Waals surface area contributed by atoms with Crippen molar-refractivity contribution in [3.8, 4) is 0 Å². The summed E-state index contributed by atoms with van der Waals surface area (Å²) in [5.41, 5.74) is 0.506. The average Bonchev–Trinajstić information content (AvgIpc) is 3.26. The molecule has 21 heteroatoms. The largest absolute Gasteiger partial charge is 0.385 e. The van der Waals surface area contributed by atoms with Crippen LogP contribution < -0.4 is 0 Å². The third-order valence-electron chi connectivity index (χ3n) is 11.5. The molecule has 9 N–H and O–H groups in total. The second-order valence-corrected chi connectivity index (χ2v) is 23.6. The molecule has 0 atom stereocenters. The van der Waals surface area contributed by atoms with Gasteiger partial charge < -0.3 is 46.0 Å². The first-order valence-corrected chi connectivity index (χ1v) is 29.0. The van der Waals surface area contributed by atoms with E-state index >= 15 is 0 Å². The van der Waals surface area contributed by atoms with Crippen LogP contribution in [0.1, 0.15) is 249 Å². The molecule has 0 unspecified atom stereocenters. The van der Waals surface area contributed by atoms with E-state index in [0.29, 0.717) is 0 Å². The van der Waals surface area contributed by atoms with Crippen LogP contribution in [0.4, 0.5) is 0 Å². The first-order chi connectivity index (χ1) is 35.8. The van der Waals surface area contributed by atoms with Gasteiger partial charge in [0.05, 0.1) is 50.4 Å². The van der Waals surface area contributed by atoms with E-state index in [0.717, 1.165) is 110 Å². The number of aliphatic hydroxyl groups is 9. The summed E-state index contributed by atoms with van der Waals surface area (Å²) in [5.74, 6) is 0. The van der Waals surface area contributed by atoms with Crippen molar-refractivity contribution in [2.45, 2.75) is 300 Å². The summed E-state index contributed by atoms with van der Waals surface area (Å²) in [6, 6.07) is 0. The molecule has 0 heterocycles. The topological polar surface area (TPSA) is 293 Å². The van der Waals surface area contributed by atoms with Crippen molar-refractivity contribution in [3.63, 3.8) is 0 Å². The Bertz CT molecular complexity index is 1450. The second kappa shape index (κ2) is 57.1. The minimum atomic E-state index is -0.740. The Morgan fingerprint density at radius 2 is 0.250 bits per heavy atom. The number of hydrogen-bond acceptors (Lipinski definition) is 18. The zero-order valence-corrected chi connectivity index (χ0v) is 68.9. The Morgan fingerprint density at radius 1 is 0.202 bits per heavy atom. The summed E-state index contributed by atoms with van der Waals surface area (Å²) in [5, 5.41) is 83.6. The van der Waals surface area contributed by atoms with E-state index in [1.807, 2.05) is 125 Å². The molecule has 0 aliphatic heterocycles. The van der Waals surface area contributed by atoms with Crippen molar-refractivity contribution in [3.05, 3.63) is 0 Å². The van der Waals surface area contributed by atoms with Crippen molar-refractivity contribution in [2.24, 2.45) is 44.9 Å². The fraction of sp³-hybridized carbons (Fsp3) is 0.857. The Hall–Kier alpha value is 0.202. The number of aliphatic imine (C=N–C) groups is 9. The van der Waals surface area contributed by atoms with Crippen molar-refractivity contribution in [1.82, 2.24) is 0 Å². The van der Waals surface area contributed by atoms with Crippen molar-refractivity contribution < 1.29 is 151 Å². The molecule has 0 spiro atoms. The van der Waals surface area contributed by atoms with Crippen LogP contribution in [-0.4, -0.2) is 207 Å². The molecule has 0 bridgehead atoms. The summed E-state index contributed by atoms with van der Waals surface area (Å²) < 4.78 is 0. The number of hydrogen-bond donors (Lipinski definition) is 9. The maximum Gasteiger partial charge on any atom is 0.0963 e. The van der Waals surface area contributed by atoms with Gasteiger partial charge >= 0.3 is 0 Å². The fourth-order valence-electron chi connectivity index (χ4n) is 3.88. The molecule has 0 aliphatic carbocycles. The molecule has 0 rings (SSSR count). The van der Waals surface area contributed by atoms with Gasteiger partial charge in [0.15, 0.2) is 0 Å². The third-order valence-corrected chi connectivity index (χ3v) is 11.5. The molecular weight excluding hydrogens is 1430 g/mol. The maximum atomic E-state index is 9.29. The van der Waals surface area contributed by atoms with Crippen molar-refractivity contribution in [2.75, 3.05) is 58.9 Å². The summed E-state index contributed by atoms with van der Waals surface area (Å²) in [7, 11) is 0. The molecule has 0 saturated carbocycles. The molecule has 0 aromatic rings. The van der Waals surface area contributed by atoms with Gasteiger partial charge in [0.25, 0.3) is 0 Å². The summed E-state index contributed by atoms with van der Waals surface area (Å²) in [6.45, 7) is 72.1. The van der Waals surface area contributed by atoms with E-state index in [9.17, 15) is 46.0 Å². The molecule has 507 valence electrons. The summed E-state index contributed by atoms with van der Waals surface area (Å²) in [6.07, 6.45) is 0. The van der Waals surface area contributed by atoms with E-state index in [-0.39, 0.29) is 105 Å². The van der Waals surface area contributed by atoms with Crippen LogP contribution in [0, 0.1) is 72.5 Å². The van der Waals surface area contributed by atoms with Crippen molar-refractivity contribution >= 4 is 51.4 Å². The van der Waals surface area contributed by atoms with E-state index in [1.165, 1.54) is 0 Å². The molecule has 84 heavy (non-hydrogen) atoms. The molecule has 18 nitrogen and oxygen atoms in total. The minimum absolute atomic E-state index is 0. The van der Waals surface area contributed by atoms with Gasteiger partial charge in [0, 0.05) is 215 Å². The van der Waals surface area contributed by atoms with Gasteiger partial charge in [-0.05, 0) is 249 Å². The van der Waals surface area contributed by atoms with Gasteiger partial charge in [-0.1, -0.05) is 0 Å². The predicted octanol–water partition coefficient (Wildman–Crippen LogP) is 11.1. The van der Waals surface area contributed by atoms with Crippen LogP contribution in [0.3, 0.4) is 0 Å². The van der Waals surface area contributed by atoms with Crippen molar-refractivity contribution in [1.29, 1.82) is 0 Å². The van der Waals surface area contributed by atoms with Gasteiger partial charge in [-0.2, -0.15) is 0 Å². The maximum absolute atomic E-state index is 9.29. The minimum Gasteiger partial charge on any atom is -0.385 e. The fourth-order valence-corrected chi connectivity index (χ4v) is 3.88. The van der Waals surface area contributed by atoms with Gasteiger partial charge in [-0.3, -0.25) is 44.9 Å². The molecule has 0 aliphatic rings. The van der Waals surface area contributed by atoms with Crippen LogP contribution >= 0.6 is 0 Å². The zero-order chi connectivity index (χ0) is 67.4. The molecule has 0 aromatic heterocycles. The van der Waals surface area contributed by atoms with E-state index in [2.05, 4.69) is 44.9 Å². The third kappa shape index (κ3) is 82.2. The standard InChI is InChI=1S/9C7H15NO.La.Lu.Y/c9*1-5-8-6(2)7(3,4)9;;;/h9*9H,5H2,1-4H3;;;. The molecule has 0 aromatic carbocycles. The van der Waals surface area contributed by atoms with Crippen LogP contribution in [0.25, 0.3) is 0 Å². The van der Waals surface area contributed by atoms with Crippen LogP contribution in [0.2, 0.25) is 0 Å². The zero-order valence-electron chi connectivity index (χ0n) is 60.8. The normalized spacial score (nSPS) is 13.6. The molecule has 0 amide bonds. The van der Waals surface area contributed by atoms with Gasteiger partial charge in [0.1, 0.15) is 0 Å². The average molecular weight is 1570 g/mol. The Kier molecular flexibility index (Phi) is 76.0. The smallest absolute Gasteiger partial charge is 0.0963 e. The summed E-state index contributed by atoms with van der Waals surface area (Å²) in [4.78, 5) is 36.6. The van der Waals surface area contributed by atoms with E-state index in [1.54, 1.807) is 125 Å². The molecule has 0 saturated heterocycles. The number of nitrogens with zero attached hydrogens (tertiary/aromatic N) is 9. The Balaban J connectivity index is -0.0000000691. The Morgan fingerprint density at radius 3 is 0.262 bits per heavy atom. The summed E-state index contributed by atoms with van der Waals surface area (Å²) >= 11 is 0. The quantitative estimate of drug-likeness (QED) is 0.0589. The monoisotopic (exact) mass is 1560 g/mol. The van der Waals surface area contributed by atoms with Crippen LogP contribution in [0.15, 0.2) is 44.9 Å².